The Morgan fingerprint density at radius 3 is 2.22 bits per heavy atom. The molecule has 1 aliphatic rings. The smallest absolute Gasteiger partial charge is 0.300 e. The number of methoxy groups -OCH3 is 2. The third kappa shape index (κ3) is 4.37. The summed E-state index contributed by atoms with van der Waals surface area (Å²) in [4.78, 5) is 27.6. The molecule has 0 aromatic heterocycles. The van der Waals surface area contributed by atoms with Gasteiger partial charge in [0.2, 0.25) is 0 Å². The van der Waals surface area contributed by atoms with Crippen LogP contribution in [0.15, 0.2) is 54.1 Å². The summed E-state index contributed by atoms with van der Waals surface area (Å²) in [6.45, 7) is 0. The summed E-state index contributed by atoms with van der Waals surface area (Å²) < 4.78 is 24.6. The van der Waals surface area contributed by atoms with Crippen LogP contribution in [0.5, 0.6) is 11.5 Å². The van der Waals surface area contributed by atoms with E-state index in [1.165, 1.54) is 56.7 Å². The topological polar surface area (TPSA) is 76.1 Å². The molecule has 0 bridgehead atoms. The van der Waals surface area contributed by atoms with Crippen molar-refractivity contribution in [3.63, 3.8) is 0 Å². The van der Waals surface area contributed by atoms with Crippen LogP contribution in [0.3, 0.4) is 0 Å². The molecule has 3 aromatic rings. The molecule has 1 N–H and O–H groups in total. The molecule has 0 radical (unpaired) electrons. The first kappa shape index (κ1) is 26.1. The van der Waals surface area contributed by atoms with E-state index in [9.17, 15) is 19.1 Å². The fourth-order valence-corrected chi connectivity index (χ4v) is 5.01. The van der Waals surface area contributed by atoms with Gasteiger partial charge >= 0.3 is 0 Å². The quantitative estimate of drug-likeness (QED) is 0.201. The summed E-state index contributed by atoms with van der Waals surface area (Å²) in [6.07, 6.45) is 0. The van der Waals surface area contributed by atoms with Crippen molar-refractivity contribution < 1.29 is 28.6 Å². The van der Waals surface area contributed by atoms with Gasteiger partial charge in [0, 0.05) is 5.69 Å². The van der Waals surface area contributed by atoms with Gasteiger partial charge in [-0.05, 0) is 42.0 Å². The average Bonchev–Trinajstić information content (AvgIpc) is 3.10. The minimum atomic E-state index is -1.20. The predicted molar refractivity (Wildman–Crippen MR) is 137 cm³/mol. The monoisotopic (exact) mass is 569 g/mol. The molecule has 11 heteroatoms. The molecular formula is C25H16Cl4FNO5. The van der Waals surface area contributed by atoms with E-state index >= 15 is 0 Å². The lowest BCUT2D eigenvalue weighted by molar-refractivity contribution is -0.132. The number of carbonyl (C=O) groups excluding carboxylic acids is 2. The highest BCUT2D eigenvalue weighted by molar-refractivity contribution is 6.52. The van der Waals surface area contributed by atoms with Gasteiger partial charge in [-0.2, -0.15) is 0 Å². The number of hydrogen-bond donors (Lipinski definition) is 1. The zero-order valence-corrected chi connectivity index (χ0v) is 21.6. The Morgan fingerprint density at radius 1 is 0.917 bits per heavy atom. The zero-order valence-electron chi connectivity index (χ0n) is 18.6. The van der Waals surface area contributed by atoms with Crippen LogP contribution in [0.2, 0.25) is 20.1 Å². The Morgan fingerprint density at radius 2 is 1.61 bits per heavy atom. The van der Waals surface area contributed by atoms with Gasteiger partial charge in [0.1, 0.15) is 16.6 Å². The molecule has 0 saturated carbocycles. The van der Waals surface area contributed by atoms with Gasteiger partial charge in [-0.25, -0.2) is 4.39 Å². The summed E-state index contributed by atoms with van der Waals surface area (Å²) in [5, 5.41) is 11.8. The molecule has 1 unspecified atom stereocenters. The first-order chi connectivity index (χ1) is 17.1. The van der Waals surface area contributed by atoms with Crippen LogP contribution >= 0.6 is 46.4 Å². The maximum absolute atomic E-state index is 14.1. The van der Waals surface area contributed by atoms with Crippen LogP contribution in [-0.2, 0) is 9.59 Å². The molecule has 6 nitrogen and oxygen atoms in total. The van der Waals surface area contributed by atoms with Crippen molar-refractivity contribution >= 4 is 69.5 Å². The van der Waals surface area contributed by atoms with Crippen LogP contribution in [0.25, 0.3) is 5.76 Å². The third-order valence-electron chi connectivity index (χ3n) is 5.58. The second-order valence-electron chi connectivity index (χ2n) is 7.61. The number of ether oxygens (including phenoxy) is 2. The Hall–Kier alpha value is -2.97. The van der Waals surface area contributed by atoms with Crippen molar-refractivity contribution in [1.82, 2.24) is 0 Å². The molecular weight excluding hydrogens is 555 g/mol. The minimum absolute atomic E-state index is 0.0234. The molecule has 0 aliphatic carbocycles. The van der Waals surface area contributed by atoms with Crippen molar-refractivity contribution in [3.05, 3.63) is 91.1 Å². The highest BCUT2D eigenvalue weighted by Crippen LogP contribution is 2.48. The standard InChI is InChI=1S/C25H16Cl4FNO5/c1-35-23-14(10-17(28)24(36-2)19(23)29)21(32)18-20(11-6-7-15(26)16(27)8-11)31(25(34)22(18)33)13-5-3-4-12(30)9-13/h3-10,20,32H,1-2H3/b21-18+. The van der Waals surface area contributed by atoms with E-state index in [2.05, 4.69) is 0 Å². The normalized spacial score (nSPS) is 17.0. The molecule has 1 aliphatic heterocycles. The number of nitrogens with zero attached hydrogens (tertiary/aromatic N) is 1. The summed E-state index contributed by atoms with van der Waals surface area (Å²) in [5.74, 6) is -3.22. The van der Waals surface area contributed by atoms with Gasteiger partial charge in [-0.3, -0.25) is 14.5 Å². The fourth-order valence-electron chi connectivity index (χ4n) is 4.01. The lowest BCUT2D eigenvalue weighted by atomic mass is 9.94. The number of ketones is 1. The van der Waals surface area contributed by atoms with Crippen LogP contribution in [0, 0.1) is 5.82 Å². The van der Waals surface area contributed by atoms with Crippen molar-refractivity contribution in [2.24, 2.45) is 0 Å². The third-order valence-corrected chi connectivity index (χ3v) is 6.95. The summed E-state index contributed by atoms with van der Waals surface area (Å²) >= 11 is 24.9. The highest BCUT2D eigenvalue weighted by atomic mass is 35.5. The predicted octanol–water partition coefficient (Wildman–Crippen LogP) is 7.08. The van der Waals surface area contributed by atoms with E-state index in [4.69, 9.17) is 55.9 Å². The first-order valence-corrected chi connectivity index (χ1v) is 11.7. The fraction of sp³-hybridized carbons (Fsp3) is 0.120. The minimum Gasteiger partial charge on any atom is -0.507 e. The van der Waals surface area contributed by atoms with Crippen molar-refractivity contribution in [3.8, 4) is 11.5 Å². The number of hydrogen-bond acceptors (Lipinski definition) is 5. The number of halogens is 5. The van der Waals surface area contributed by atoms with Gasteiger partial charge in [0.25, 0.3) is 11.7 Å². The van der Waals surface area contributed by atoms with Crippen LogP contribution in [0.4, 0.5) is 10.1 Å². The molecule has 1 atom stereocenters. The molecule has 1 saturated heterocycles. The number of aliphatic hydroxyl groups excluding tert-OH is 1. The van der Waals surface area contributed by atoms with Crippen LogP contribution in [0.1, 0.15) is 17.2 Å². The highest BCUT2D eigenvalue weighted by Gasteiger charge is 2.47. The van der Waals surface area contributed by atoms with E-state index in [1.807, 2.05) is 0 Å². The van der Waals surface area contributed by atoms with Gasteiger partial charge in [0.15, 0.2) is 11.5 Å². The second kappa shape index (κ2) is 10.2. The number of rotatable bonds is 5. The number of amides is 1. The summed E-state index contributed by atoms with van der Waals surface area (Å²) in [5.41, 5.74) is 0.0397. The molecule has 1 fully saturated rings. The van der Waals surface area contributed by atoms with Gasteiger partial charge in [-0.1, -0.05) is 58.5 Å². The van der Waals surface area contributed by atoms with E-state index < -0.39 is 29.3 Å². The van der Waals surface area contributed by atoms with Gasteiger partial charge in [0.05, 0.1) is 46.5 Å². The maximum Gasteiger partial charge on any atom is 0.300 e. The largest absolute Gasteiger partial charge is 0.507 e. The van der Waals surface area contributed by atoms with E-state index in [0.29, 0.717) is 5.56 Å². The summed E-state index contributed by atoms with van der Waals surface area (Å²) in [7, 11) is 2.65. The average molecular weight is 571 g/mol. The number of anilines is 1. The van der Waals surface area contributed by atoms with Crippen molar-refractivity contribution in [2.45, 2.75) is 6.04 Å². The van der Waals surface area contributed by atoms with Gasteiger partial charge < -0.3 is 14.6 Å². The molecule has 186 valence electrons. The molecule has 0 spiro atoms. The number of aliphatic hydroxyl groups is 1. The van der Waals surface area contributed by atoms with Crippen LogP contribution < -0.4 is 14.4 Å². The lowest BCUT2D eigenvalue weighted by Crippen LogP contribution is -2.29. The molecule has 4 rings (SSSR count). The zero-order chi connectivity index (χ0) is 26.3. The number of Topliss-reactive ketones (excluding diaryl/α,β-unsaturated/α-hetero) is 1. The van der Waals surface area contributed by atoms with E-state index in [1.54, 1.807) is 0 Å². The summed E-state index contributed by atoms with van der Waals surface area (Å²) in [6, 6.07) is 9.70. The Kier molecular flexibility index (Phi) is 7.38. The Bertz CT molecular complexity index is 1440. The molecule has 1 heterocycles. The molecule has 36 heavy (non-hydrogen) atoms. The van der Waals surface area contributed by atoms with Crippen molar-refractivity contribution in [2.75, 3.05) is 19.1 Å². The number of benzene rings is 3. The maximum atomic E-state index is 14.1. The number of carbonyl (C=O) groups is 2. The van der Waals surface area contributed by atoms with Gasteiger partial charge in [-0.15, -0.1) is 0 Å². The van der Waals surface area contributed by atoms with E-state index in [0.717, 1.165) is 11.0 Å². The molecule has 3 aromatic carbocycles. The van der Waals surface area contributed by atoms with Crippen LogP contribution in [-0.4, -0.2) is 31.0 Å². The SMILES string of the molecule is COc1c(Cl)cc(/C(O)=C2\C(=O)C(=O)N(c3cccc(F)c3)C2c2ccc(Cl)c(Cl)c2)c(OC)c1Cl. The lowest BCUT2D eigenvalue weighted by Gasteiger charge is -2.26. The Balaban J connectivity index is 2.04. The van der Waals surface area contributed by atoms with E-state index in [-0.39, 0.29) is 48.4 Å². The Labute approximate surface area is 225 Å². The second-order valence-corrected chi connectivity index (χ2v) is 9.21. The van der Waals surface area contributed by atoms with Crippen molar-refractivity contribution in [1.29, 1.82) is 0 Å². The first-order valence-electron chi connectivity index (χ1n) is 10.2. The molecule has 1 amide bonds.